The largest absolute Gasteiger partial charge is 0.335 e. The van der Waals surface area contributed by atoms with Gasteiger partial charge < -0.3 is 10.2 Å². The smallest absolute Gasteiger partial charge is 0.272 e. The van der Waals surface area contributed by atoms with Crippen LogP contribution in [0.2, 0.25) is 0 Å². The molecule has 0 atom stereocenters. The molecule has 4 nitrogen and oxygen atoms in total. The minimum atomic E-state index is 0.0663. The summed E-state index contributed by atoms with van der Waals surface area (Å²) in [5, 5.41) is 3.37. The topological polar surface area (TPSA) is 45.2 Å². The Morgan fingerprint density at radius 1 is 1.45 bits per heavy atom. The summed E-state index contributed by atoms with van der Waals surface area (Å²) in [7, 11) is 0. The second-order valence-electron chi connectivity index (χ2n) is 5.91. The fourth-order valence-corrected chi connectivity index (χ4v) is 2.72. The van der Waals surface area contributed by atoms with Gasteiger partial charge in [0.05, 0.1) is 0 Å². The Morgan fingerprint density at radius 3 is 2.75 bits per heavy atom. The van der Waals surface area contributed by atoms with E-state index in [-0.39, 0.29) is 11.9 Å². The van der Waals surface area contributed by atoms with Crippen LogP contribution < -0.4 is 5.32 Å². The van der Waals surface area contributed by atoms with Gasteiger partial charge in [0.15, 0.2) is 0 Å². The Labute approximate surface area is 121 Å². The molecule has 1 saturated heterocycles. The normalized spacial score (nSPS) is 16.4. The van der Waals surface area contributed by atoms with Crippen LogP contribution >= 0.6 is 0 Å². The summed E-state index contributed by atoms with van der Waals surface area (Å²) >= 11 is 0. The van der Waals surface area contributed by atoms with E-state index < -0.39 is 0 Å². The lowest BCUT2D eigenvalue weighted by molar-refractivity contribution is 0.0651. The summed E-state index contributed by atoms with van der Waals surface area (Å²) in [6, 6.07) is 4.03. The molecule has 0 unspecified atom stereocenters. The van der Waals surface area contributed by atoms with E-state index in [2.05, 4.69) is 24.1 Å². The molecule has 0 aromatic carbocycles. The zero-order valence-electron chi connectivity index (χ0n) is 12.7. The molecule has 0 saturated carbocycles. The van der Waals surface area contributed by atoms with Crippen LogP contribution in [0.4, 0.5) is 0 Å². The third-order valence-electron chi connectivity index (χ3n) is 4.01. The first-order chi connectivity index (χ1) is 9.59. The van der Waals surface area contributed by atoms with Gasteiger partial charge in [-0.1, -0.05) is 6.07 Å². The zero-order chi connectivity index (χ0) is 14.5. The maximum atomic E-state index is 12.7. The van der Waals surface area contributed by atoms with Gasteiger partial charge in [-0.2, -0.15) is 0 Å². The molecule has 2 heterocycles. The number of pyridine rings is 1. The Bertz CT molecular complexity index is 453. The van der Waals surface area contributed by atoms with E-state index in [9.17, 15) is 4.79 Å². The van der Waals surface area contributed by atoms with Crippen molar-refractivity contribution in [1.29, 1.82) is 0 Å². The summed E-state index contributed by atoms with van der Waals surface area (Å²) in [6.07, 6.45) is 4.00. The van der Waals surface area contributed by atoms with Gasteiger partial charge in [0.25, 0.3) is 5.91 Å². The van der Waals surface area contributed by atoms with E-state index >= 15 is 0 Å². The molecule has 1 aliphatic rings. The van der Waals surface area contributed by atoms with E-state index in [1.54, 1.807) is 6.20 Å². The van der Waals surface area contributed by atoms with Crippen molar-refractivity contribution in [1.82, 2.24) is 15.2 Å². The number of amides is 1. The maximum Gasteiger partial charge on any atom is 0.272 e. The van der Waals surface area contributed by atoms with Crippen molar-refractivity contribution in [2.45, 2.75) is 39.7 Å². The molecule has 1 amide bonds. The Morgan fingerprint density at radius 2 is 2.15 bits per heavy atom. The third kappa shape index (κ3) is 3.57. The summed E-state index contributed by atoms with van der Waals surface area (Å²) < 4.78 is 0. The van der Waals surface area contributed by atoms with Gasteiger partial charge in [-0.15, -0.1) is 0 Å². The minimum Gasteiger partial charge on any atom is -0.335 e. The number of aromatic nitrogens is 1. The molecule has 1 aliphatic heterocycles. The Kier molecular flexibility index (Phi) is 5.12. The van der Waals surface area contributed by atoms with Crippen molar-refractivity contribution in [2.24, 2.45) is 5.92 Å². The van der Waals surface area contributed by atoms with Crippen LogP contribution in [0.5, 0.6) is 0 Å². The van der Waals surface area contributed by atoms with Gasteiger partial charge in [-0.25, -0.2) is 0 Å². The molecule has 2 rings (SSSR count). The van der Waals surface area contributed by atoms with Crippen LogP contribution in [0, 0.1) is 12.8 Å². The molecule has 20 heavy (non-hydrogen) atoms. The Hall–Kier alpha value is -1.42. The fraction of sp³-hybridized carbons (Fsp3) is 0.625. The second kappa shape index (κ2) is 6.84. The predicted molar refractivity (Wildman–Crippen MR) is 80.7 cm³/mol. The summed E-state index contributed by atoms with van der Waals surface area (Å²) in [5.74, 6) is 0.670. The number of nitrogens with one attached hydrogen (secondary N) is 1. The average molecular weight is 275 g/mol. The third-order valence-corrected chi connectivity index (χ3v) is 4.01. The highest BCUT2D eigenvalue weighted by atomic mass is 16.2. The van der Waals surface area contributed by atoms with Gasteiger partial charge >= 0.3 is 0 Å². The van der Waals surface area contributed by atoms with Gasteiger partial charge in [0.1, 0.15) is 5.69 Å². The minimum absolute atomic E-state index is 0.0663. The van der Waals surface area contributed by atoms with Gasteiger partial charge in [-0.3, -0.25) is 9.78 Å². The molecule has 0 bridgehead atoms. The van der Waals surface area contributed by atoms with Crippen LogP contribution in [0.15, 0.2) is 18.3 Å². The first-order valence-electron chi connectivity index (χ1n) is 7.53. The van der Waals surface area contributed by atoms with E-state index in [4.69, 9.17) is 0 Å². The highest BCUT2D eigenvalue weighted by Crippen LogP contribution is 2.18. The number of hydrogen-bond acceptors (Lipinski definition) is 3. The molecule has 1 N–H and O–H groups in total. The first-order valence-corrected chi connectivity index (χ1v) is 7.53. The number of piperidine rings is 1. The fourth-order valence-electron chi connectivity index (χ4n) is 2.72. The van der Waals surface area contributed by atoms with Gasteiger partial charge in [0, 0.05) is 18.8 Å². The summed E-state index contributed by atoms with van der Waals surface area (Å²) in [4.78, 5) is 19.0. The molecule has 1 fully saturated rings. The van der Waals surface area contributed by atoms with Crippen LogP contribution in [0.3, 0.4) is 0 Å². The van der Waals surface area contributed by atoms with Crippen LogP contribution in [-0.4, -0.2) is 41.5 Å². The number of nitrogens with zero attached hydrogens (tertiary/aromatic N) is 2. The lowest BCUT2D eigenvalue weighted by atomic mass is 9.96. The number of rotatable bonds is 4. The lowest BCUT2D eigenvalue weighted by Crippen LogP contribution is -2.43. The molecule has 1 aromatic heterocycles. The SMILES string of the molecule is Cc1cccnc1C(=O)N(CC1CCNCC1)C(C)C. The quantitative estimate of drug-likeness (QED) is 0.916. The predicted octanol–water partition coefficient (Wildman–Crippen LogP) is 2.24. The monoisotopic (exact) mass is 275 g/mol. The molecule has 110 valence electrons. The molecule has 1 aromatic rings. The maximum absolute atomic E-state index is 12.7. The number of carbonyl (C=O) groups excluding carboxylic acids is 1. The number of carbonyl (C=O) groups is 1. The molecular formula is C16H25N3O. The van der Waals surface area contributed by atoms with Crippen LogP contribution in [0.1, 0.15) is 42.7 Å². The van der Waals surface area contributed by atoms with E-state index in [0.717, 1.165) is 38.0 Å². The molecule has 0 spiro atoms. The van der Waals surface area contributed by atoms with Crippen LogP contribution in [-0.2, 0) is 0 Å². The van der Waals surface area contributed by atoms with E-state index in [1.165, 1.54) is 0 Å². The highest BCUT2D eigenvalue weighted by Gasteiger charge is 2.25. The first kappa shape index (κ1) is 15.0. The Balaban J connectivity index is 2.11. The van der Waals surface area contributed by atoms with Crippen molar-refractivity contribution in [2.75, 3.05) is 19.6 Å². The van der Waals surface area contributed by atoms with E-state index in [0.29, 0.717) is 11.6 Å². The van der Waals surface area contributed by atoms with E-state index in [1.807, 2.05) is 24.0 Å². The molecular weight excluding hydrogens is 250 g/mol. The standard InChI is InChI=1S/C16H25N3O/c1-12(2)19(11-14-6-9-17-10-7-14)16(20)15-13(3)5-4-8-18-15/h4-5,8,12,14,17H,6-7,9-11H2,1-3H3. The average Bonchev–Trinajstić information content (AvgIpc) is 2.45. The number of hydrogen-bond donors (Lipinski definition) is 1. The summed E-state index contributed by atoms with van der Waals surface area (Å²) in [5.41, 5.74) is 1.54. The van der Waals surface area contributed by atoms with Crippen LogP contribution in [0.25, 0.3) is 0 Å². The molecule has 0 aliphatic carbocycles. The van der Waals surface area contributed by atoms with Crippen molar-refractivity contribution >= 4 is 5.91 Å². The zero-order valence-corrected chi connectivity index (χ0v) is 12.7. The van der Waals surface area contributed by atoms with Gasteiger partial charge in [0.2, 0.25) is 0 Å². The highest BCUT2D eigenvalue weighted by molar-refractivity contribution is 5.93. The molecule has 0 radical (unpaired) electrons. The lowest BCUT2D eigenvalue weighted by Gasteiger charge is -2.33. The van der Waals surface area contributed by atoms with Crippen molar-refractivity contribution < 1.29 is 4.79 Å². The summed E-state index contributed by atoms with van der Waals surface area (Å²) in [6.45, 7) is 9.08. The number of aryl methyl sites for hydroxylation is 1. The van der Waals surface area contributed by atoms with Gasteiger partial charge in [-0.05, 0) is 64.3 Å². The van der Waals surface area contributed by atoms with Crippen molar-refractivity contribution in [3.8, 4) is 0 Å². The second-order valence-corrected chi connectivity index (χ2v) is 5.91. The van der Waals surface area contributed by atoms with Crippen molar-refractivity contribution in [3.05, 3.63) is 29.6 Å². The van der Waals surface area contributed by atoms with Crippen molar-refractivity contribution in [3.63, 3.8) is 0 Å². The molecule has 4 heteroatoms.